The number of β-amino-alcohol motifs (C(OH)–C–C–N with tert-alkyl or cyclic N) is 1. The van der Waals surface area contributed by atoms with Gasteiger partial charge >= 0.3 is 12.6 Å². The summed E-state index contributed by atoms with van der Waals surface area (Å²) in [5.74, 6) is 0.778. The summed E-state index contributed by atoms with van der Waals surface area (Å²) in [6.45, 7) is -2.21. The number of hydrogen-bond acceptors (Lipinski definition) is 8. The predicted octanol–water partition coefficient (Wildman–Crippen LogP) is 6.24. The van der Waals surface area contributed by atoms with Crippen LogP contribution in [0.2, 0.25) is 5.02 Å². The van der Waals surface area contributed by atoms with E-state index in [0.717, 1.165) is 12.8 Å². The van der Waals surface area contributed by atoms with E-state index >= 15 is 0 Å². The van der Waals surface area contributed by atoms with Crippen LogP contribution in [0.4, 0.5) is 14.6 Å². The Labute approximate surface area is 244 Å². The number of carbonyl (C=O) groups is 1. The summed E-state index contributed by atoms with van der Waals surface area (Å²) >= 11 is 6.64. The van der Waals surface area contributed by atoms with E-state index in [2.05, 4.69) is 10.1 Å². The number of ether oxygens (including phenoxy) is 2. The molecule has 6 rings (SSSR count). The third kappa shape index (κ3) is 5.62. The van der Waals surface area contributed by atoms with Gasteiger partial charge in [0.1, 0.15) is 41.0 Å². The van der Waals surface area contributed by atoms with E-state index in [-0.39, 0.29) is 30.4 Å². The van der Waals surface area contributed by atoms with Gasteiger partial charge in [-0.3, -0.25) is 0 Å². The fourth-order valence-electron chi connectivity index (χ4n) is 5.23. The van der Waals surface area contributed by atoms with Crippen molar-refractivity contribution in [3.8, 4) is 22.8 Å². The molecule has 2 aliphatic rings. The molecule has 1 aliphatic carbocycles. The van der Waals surface area contributed by atoms with Crippen molar-refractivity contribution in [2.75, 3.05) is 18.0 Å². The van der Waals surface area contributed by atoms with E-state index in [1.807, 2.05) is 4.90 Å². The summed E-state index contributed by atoms with van der Waals surface area (Å²) in [5, 5.41) is 25.1. The molecule has 2 N–H and O–H groups in total. The van der Waals surface area contributed by atoms with Crippen molar-refractivity contribution in [1.82, 2.24) is 10.1 Å². The van der Waals surface area contributed by atoms with Crippen molar-refractivity contribution >= 4 is 23.4 Å². The smallest absolute Gasteiger partial charge is 0.387 e. The molecule has 1 saturated heterocycles. The normalized spacial score (nSPS) is 18.5. The molecule has 0 spiro atoms. The van der Waals surface area contributed by atoms with Gasteiger partial charge in [-0.15, -0.1) is 0 Å². The molecule has 4 aromatic rings. The minimum atomic E-state index is -2.99. The van der Waals surface area contributed by atoms with Crippen LogP contribution in [0.3, 0.4) is 0 Å². The summed E-state index contributed by atoms with van der Waals surface area (Å²) in [7, 11) is 0. The van der Waals surface area contributed by atoms with Crippen LogP contribution < -0.4 is 14.4 Å². The lowest BCUT2D eigenvalue weighted by Gasteiger charge is -2.25. The number of carboxylic acids is 1. The van der Waals surface area contributed by atoms with Crippen molar-refractivity contribution in [2.45, 2.75) is 44.0 Å². The van der Waals surface area contributed by atoms with E-state index in [1.54, 1.807) is 42.5 Å². The summed E-state index contributed by atoms with van der Waals surface area (Å²) in [6, 6.07) is 14.5. The molecule has 3 heterocycles. The maximum atomic E-state index is 13.0. The van der Waals surface area contributed by atoms with Crippen molar-refractivity contribution in [3.05, 3.63) is 88.3 Å². The molecule has 0 radical (unpaired) electrons. The van der Waals surface area contributed by atoms with Crippen molar-refractivity contribution < 1.29 is 37.8 Å². The highest BCUT2D eigenvalue weighted by atomic mass is 35.5. The molecule has 0 bridgehead atoms. The molecule has 9 nitrogen and oxygen atoms in total. The Bertz CT molecular complexity index is 1610. The number of hydrogen-bond donors (Lipinski definition) is 2. The minimum absolute atomic E-state index is 0.0105. The van der Waals surface area contributed by atoms with Crippen LogP contribution in [0.25, 0.3) is 11.3 Å². The quantitative estimate of drug-likeness (QED) is 0.219. The third-order valence-electron chi connectivity index (χ3n) is 7.52. The van der Waals surface area contributed by atoms with Gasteiger partial charge in [-0.25, -0.2) is 9.78 Å². The van der Waals surface area contributed by atoms with E-state index in [4.69, 9.17) is 30.7 Å². The molecule has 1 aliphatic heterocycles. The van der Waals surface area contributed by atoms with Gasteiger partial charge in [0.2, 0.25) is 0 Å². The van der Waals surface area contributed by atoms with Crippen LogP contribution in [0.15, 0.2) is 65.3 Å². The molecular weight excluding hydrogens is 572 g/mol. The fourth-order valence-corrected chi connectivity index (χ4v) is 5.57. The Kier molecular flexibility index (Phi) is 7.46. The van der Waals surface area contributed by atoms with E-state index in [0.29, 0.717) is 57.7 Å². The number of anilines is 1. The Balaban J connectivity index is 1.19. The average molecular weight is 598 g/mol. The molecule has 218 valence electrons. The number of nitrogens with zero attached hydrogens (tertiary/aromatic N) is 3. The number of pyridine rings is 1. The number of aliphatic hydroxyl groups is 1. The lowest BCUT2D eigenvalue weighted by atomic mass is 9.93. The molecule has 2 fully saturated rings. The zero-order valence-electron chi connectivity index (χ0n) is 22.2. The molecular formula is C30H26ClF2N3O6. The Morgan fingerprint density at radius 1 is 1.19 bits per heavy atom. The highest BCUT2D eigenvalue weighted by molar-refractivity contribution is 6.31. The molecule has 1 saturated carbocycles. The van der Waals surface area contributed by atoms with Crippen LogP contribution in [0.1, 0.15) is 52.4 Å². The standard InChI is InChI=1S/C30H26ClF2N3O6/c31-23-13-19(8-9-22(23)30(39)11-12-36(16-30)25-10-7-18(14-34-25)28(37)38)40-15-21-26(35-42-27(21)17-5-6-17)20-3-1-2-4-24(20)41-29(32)33/h1-4,7-10,13-14,17,29,39H,5-6,11-12,15-16H2,(H,37,38). The second-order valence-corrected chi connectivity index (χ2v) is 10.8. The van der Waals surface area contributed by atoms with Crippen LogP contribution in [0, 0.1) is 0 Å². The monoisotopic (exact) mass is 597 g/mol. The van der Waals surface area contributed by atoms with Gasteiger partial charge in [0.05, 0.1) is 22.7 Å². The van der Waals surface area contributed by atoms with Gasteiger partial charge in [-0.05, 0) is 55.7 Å². The first-order valence-electron chi connectivity index (χ1n) is 13.3. The van der Waals surface area contributed by atoms with E-state index < -0.39 is 18.2 Å². The van der Waals surface area contributed by atoms with Crippen molar-refractivity contribution in [1.29, 1.82) is 0 Å². The largest absolute Gasteiger partial charge is 0.489 e. The summed E-state index contributed by atoms with van der Waals surface area (Å²) in [5.41, 5.74) is 0.762. The number of para-hydroxylation sites is 1. The molecule has 2 aromatic carbocycles. The SMILES string of the molecule is O=C(O)c1ccc(N2CCC(O)(c3ccc(OCc4c(-c5ccccc5OC(F)F)noc4C4CC4)cc3Cl)C2)nc1. The second-order valence-electron chi connectivity index (χ2n) is 10.4. The Morgan fingerprint density at radius 3 is 2.69 bits per heavy atom. The van der Waals surface area contributed by atoms with Crippen LogP contribution in [-0.4, -0.2) is 46.0 Å². The summed E-state index contributed by atoms with van der Waals surface area (Å²) in [4.78, 5) is 17.2. The average Bonchev–Trinajstić information content (AvgIpc) is 3.60. The van der Waals surface area contributed by atoms with Gasteiger partial charge < -0.3 is 29.1 Å². The topological polar surface area (TPSA) is 118 Å². The number of carboxylic acid groups (broad SMARTS) is 1. The Hall–Kier alpha value is -4.22. The highest BCUT2D eigenvalue weighted by Crippen LogP contribution is 2.46. The van der Waals surface area contributed by atoms with Gasteiger partial charge in [-0.1, -0.05) is 35.0 Å². The zero-order chi connectivity index (χ0) is 29.4. The van der Waals surface area contributed by atoms with Crippen molar-refractivity contribution in [3.63, 3.8) is 0 Å². The molecule has 1 unspecified atom stereocenters. The zero-order valence-corrected chi connectivity index (χ0v) is 22.9. The Morgan fingerprint density at radius 2 is 2.00 bits per heavy atom. The van der Waals surface area contributed by atoms with Gasteiger partial charge in [-0.2, -0.15) is 8.78 Å². The van der Waals surface area contributed by atoms with Crippen LogP contribution in [-0.2, 0) is 12.2 Å². The summed E-state index contributed by atoms with van der Waals surface area (Å²) < 4.78 is 42.5. The fraction of sp³-hybridized carbons (Fsp3) is 0.300. The van der Waals surface area contributed by atoms with Gasteiger partial charge in [0, 0.05) is 29.8 Å². The van der Waals surface area contributed by atoms with Crippen LogP contribution >= 0.6 is 11.6 Å². The highest BCUT2D eigenvalue weighted by Gasteiger charge is 2.40. The van der Waals surface area contributed by atoms with Crippen LogP contribution in [0.5, 0.6) is 11.5 Å². The molecule has 12 heteroatoms. The molecule has 42 heavy (non-hydrogen) atoms. The number of halogens is 3. The maximum Gasteiger partial charge on any atom is 0.387 e. The number of alkyl halides is 2. The molecule has 1 atom stereocenters. The van der Waals surface area contributed by atoms with Crippen molar-refractivity contribution in [2.24, 2.45) is 0 Å². The lowest BCUT2D eigenvalue weighted by molar-refractivity contribution is -0.0494. The number of rotatable bonds is 10. The third-order valence-corrected chi connectivity index (χ3v) is 7.83. The van der Waals surface area contributed by atoms with Gasteiger partial charge in [0.15, 0.2) is 0 Å². The molecule has 2 aromatic heterocycles. The predicted molar refractivity (Wildman–Crippen MR) is 148 cm³/mol. The first-order chi connectivity index (χ1) is 20.2. The minimum Gasteiger partial charge on any atom is -0.489 e. The number of benzene rings is 2. The summed E-state index contributed by atoms with van der Waals surface area (Å²) in [6.07, 6.45) is 3.55. The number of aromatic nitrogens is 2. The first-order valence-corrected chi connectivity index (χ1v) is 13.7. The van der Waals surface area contributed by atoms with E-state index in [1.165, 1.54) is 18.3 Å². The lowest BCUT2D eigenvalue weighted by Crippen LogP contribution is -2.31. The molecule has 0 amide bonds. The first kappa shape index (κ1) is 27.9. The van der Waals surface area contributed by atoms with E-state index in [9.17, 15) is 18.7 Å². The van der Waals surface area contributed by atoms with Gasteiger partial charge in [0.25, 0.3) is 0 Å². The maximum absolute atomic E-state index is 13.0. The number of aromatic carboxylic acids is 1. The second kappa shape index (κ2) is 11.2.